The van der Waals surface area contributed by atoms with Crippen LogP contribution in [0.5, 0.6) is 0 Å². The second-order valence-electron chi connectivity index (χ2n) is 5.12. The van der Waals surface area contributed by atoms with Crippen LogP contribution < -0.4 is 0 Å². The molecule has 94 valence electrons. The van der Waals surface area contributed by atoms with Crippen molar-refractivity contribution >= 4 is 5.97 Å². The van der Waals surface area contributed by atoms with Crippen LogP contribution in [0.15, 0.2) is 0 Å². The molecular weight excluding hydrogens is 208 g/mol. The number of aliphatic hydroxyl groups is 2. The zero-order valence-electron chi connectivity index (χ0n) is 10.4. The highest BCUT2D eigenvalue weighted by atomic mass is 16.6. The molecule has 16 heavy (non-hydrogen) atoms. The fourth-order valence-electron chi connectivity index (χ4n) is 2.38. The van der Waals surface area contributed by atoms with Crippen molar-refractivity contribution < 1.29 is 19.7 Å². The molecular formula is C12H22O4. The van der Waals surface area contributed by atoms with Gasteiger partial charge in [0.15, 0.2) is 0 Å². The van der Waals surface area contributed by atoms with E-state index in [1.165, 1.54) is 0 Å². The number of cyclic esters (lactones) is 1. The van der Waals surface area contributed by atoms with E-state index in [4.69, 9.17) is 4.74 Å². The van der Waals surface area contributed by atoms with Gasteiger partial charge in [-0.1, -0.05) is 20.8 Å². The van der Waals surface area contributed by atoms with Crippen LogP contribution in [-0.2, 0) is 9.53 Å². The zero-order chi connectivity index (χ0) is 12.5. The molecule has 0 bridgehead atoms. The van der Waals surface area contributed by atoms with Crippen molar-refractivity contribution in [1.82, 2.24) is 0 Å². The van der Waals surface area contributed by atoms with Crippen LogP contribution in [0, 0.1) is 11.8 Å². The molecule has 5 unspecified atom stereocenters. The summed E-state index contributed by atoms with van der Waals surface area (Å²) < 4.78 is 5.24. The van der Waals surface area contributed by atoms with E-state index in [0.29, 0.717) is 12.8 Å². The van der Waals surface area contributed by atoms with E-state index in [9.17, 15) is 15.0 Å². The van der Waals surface area contributed by atoms with Crippen LogP contribution in [0.3, 0.4) is 0 Å². The van der Waals surface area contributed by atoms with Crippen LogP contribution in [-0.4, -0.2) is 34.0 Å². The summed E-state index contributed by atoms with van der Waals surface area (Å²) in [5, 5.41) is 19.9. The van der Waals surface area contributed by atoms with Gasteiger partial charge in [0.2, 0.25) is 0 Å². The van der Waals surface area contributed by atoms with Crippen LogP contribution >= 0.6 is 0 Å². The van der Waals surface area contributed by atoms with Crippen LogP contribution in [0.25, 0.3) is 0 Å². The Morgan fingerprint density at radius 1 is 1.56 bits per heavy atom. The molecule has 1 saturated heterocycles. The number of aliphatic hydroxyl groups excluding tert-OH is 2. The lowest BCUT2D eigenvalue weighted by atomic mass is 9.82. The molecule has 0 aliphatic carbocycles. The van der Waals surface area contributed by atoms with E-state index in [-0.39, 0.29) is 17.8 Å². The summed E-state index contributed by atoms with van der Waals surface area (Å²) in [5.74, 6) is -0.738. The molecule has 1 rings (SSSR count). The maximum absolute atomic E-state index is 11.4. The number of carbonyl (C=O) groups is 1. The molecule has 5 atom stereocenters. The number of esters is 1. The fourth-order valence-corrected chi connectivity index (χ4v) is 2.38. The van der Waals surface area contributed by atoms with Gasteiger partial charge in [0.05, 0.1) is 18.1 Å². The van der Waals surface area contributed by atoms with Crippen LogP contribution in [0.1, 0.15) is 40.5 Å². The van der Waals surface area contributed by atoms with Gasteiger partial charge < -0.3 is 14.9 Å². The molecule has 0 aromatic heterocycles. The summed E-state index contributed by atoms with van der Waals surface area (Å²) in [4.78, 5) is 11.4. The average molecular weight is 230 g/mol. The minimum atomic E-state index is -0.855. The van der Waals surface area contributed by atoms with Crippen molar-refractivity contribution in [1.29, 1.82) is 0 Å². The largest absolute Gasteiger partial charge is 0.456 e. The molecule has 1 aliphatic rings. The van der Waals surface area contributed by atoms with Gasteiger partial charge >= 0.3 is 5.97 Å². The summed E-state index contributed by atoms with van der Waals surface area (Å²) in [7, 11) is 0. The topological polar surface area (TPSA) is 66.8 Å². The molecule has 4 nitrogen and oxygen atoms in total. The number of hydrogen-bond donors (Lipinski definition) is 2. The minimum absolute atomic E-state index is 0.175. The third-order valence-corrected chi connectivity index (χ3v) is 3.60. The molecule has 0 spiro atoms. The normalized spacial score (nSPS) is 35.6. The summed E-state index contributed by atoms with van der Waals surface area (Å²) >= 11 is 0. The van der Waals surface area contributed by atoms with Gasteiger partial charge in [-0.3, -0.25) is 4.79 Å². The number of carbonyl (C=O) groups excluding carboxylic acids is 1. The summed E-state index contributed by atoms with van der Waals surface area (Å²) in [6.07, 6.45) is -0.302. The van der Waals surface area contributed by atoms with Crippen LogP contribution in [0.4, 0.5) is 0 Å². The lowest BCUT2D eigenvalue weighted by Crippen LogP contribution is -2.46. The number of ether oxygens (including phenoxy) is 1. The minimum Gasteiger partial charge on any atom is -0.456 e. The second-order valence-corrected chi connectivity index (χ2v) is 5.12. The van der Waals surface area contributed by atoms with Crippen molar-refractivity contribution in [3.8, 4) is 0 Å². The molecule has 0 aromatic rings. The highest BCUT2D eigenvalue weighted by Gasteiger charge is 2.48. The first-order chi connectivity index (χ1) is 7.31. The monoisotopic (exact) mass is 230 g/mol. The van der Waals surface area contributed by atoms with Crippen LogP contribution in [0.2, 0.25) is 0 Å². The standard InChI is InChI=1S/C12H22O4/c1-5-9(13)8(3)10(14)12(4)6-7(2)11(15)16-12/h7-10,13-14H,5-6H2,1-4H3. The van der Waals surface area contributed by atoms with E-state index in [1.54, 1.807) is 20.8 Å². The summed E-state index contributed by atoms with van der Waals surface area (Å²) in [6, 6.07) is 0. The van der Waals surface area contributed by atoms with Gasteiger partial charge in [-0.05, 0) is 13.3 Å². The SMILES string of the molecule is CCC(O)C(C)C(O)C1(C)CC(C)C(=O)O1. The number of hydrogen-bond acceptors (Lipinski definition) is 4. The van der Waals surface area contributed by atoms with Gasteiger partial charge in [-0.25, -0.2) is 0 Å². The van der Waals surface area contributed by atoms with Crippen molar-refractivity contribution in [2.45, 2.75) is 58.3 Å². The number of rotatable bonds is 4. The first-order valence-corrected chi connectivity index (χ1v) is 5.90. The molecule has 0 amide bonds. The van der Waals surface area contributed by atoms with Gasteiger partial charge in [-0.2, -0.15) is 0 Å². The molecule has 1 fully saturated rings. The first-order valence-electron chi connectivity index (χ1n) is 5.90. The molecule has 1 aliphatic heterocycles. The highest BCUT2D eigenvalue weighted by molar-refractivity contribution is 5.74. The maximum Gasteiger partial charge on any atom is 0.309 e. The highest BCUT2D eigenvalue weighted by Crippen LogP contribution is 2.36. The first kappa shape index (κ1) is 13.5. The Hall–Kier alpha value is -0.610. The smallest absolute Gasteiger partial charge is 0.309 e. The van der Waals surface area contributed by atoms with Crippen molar-refractivity contribution in [3.63, 3.8) is 0 Å². The molecule has 0 saturated carbocycles. The maximum atomic E-state index is 11.4. The van der Waals surface area contributed by atoms with E-state index >= 15 is 0 Å². The zero-order valence-corrected chi connectivity index (χ0v) is 10.4. The van der Waals surface area contributed by atoms with Crippen molar-refractivity contribution in [2.75, 3.05) is 0 Å². The van der Waals surface area contributed by atoms with E-state index in [2.05, 4.69) is 0 Å². The Bertz CT molecular complexity index is 266. The lowest BCUT2D eigenvalue weighted by molar-refractivity contribution is -0.164. The van der Waals surface area contributed by atoms with E-state index in [1.807, 2.05) is 6.92 Å². The van der Waals surface area contributed by atoms with E-state index < -0.39 is 17.8 Å². The second kappa shape index (κ2) is 4.72. The average Bonchev–Trinajstić information content (AvgIpc) is 2.50. The molecule has 0 radical (unpaired) electrons. The third-order valence-electron chi connectivity index (χ3n) is 3.60. The molecule has 0 aromatic carbocycles. The quantitative estimate of drug-likeness (QED) is 0.710. The Morgan fingerprint density at radius 3 is 2.50 bits per heavy atom. The summed E-state index contributed by atoms with van der Waals surface area (Å²) in [5.41, 5.74) is -0.855. The molecule has 1 heterocycles. The predicted octanol–water partition coefficient (Wildman–Crippen LogP) is 1.10. The molecule has 2 N–H and O–H groups in total. The van der Waals surface area contributed by atoms with Crippen molar-refractivity contribution in [2.24, 2.45) is 11.8 Å². The Kier molecular flexibility index (Phi) is 3.97. The molecule has 4 heteroatoms. The Morgan fingerprint density at radius 2 is 2.12 bits per heavy atom. The van der Waals surface area contributed by atoms with Crippen molar-refractivity contribution in [3.05, 3.63) is 0 Å². The Balaban J connectivity index is 2.73. The van der Waals surface area contributed by atoms with Gasteiger partial charge in [-0.15, -0.1) is 0 Å². The summed E-state index contributed by atoms with van der Waals surface area (Å²) in [6.45, 7) is 7.17. The third kappa shape index (κ3) is 2.38. The fraction of sp³-hybridized carbons (Fsp3) is 0.917. The van der Waals surface area contributed by atoms with Gasteiger partial charge in [0.1, 0.15) is 5.60 Å². The van der Waals surface area contributed by atoms with Gasteiger partial charge in [0, 0.05) is 12.3 Å². The lowest BCUT2D eigenvalue weighted by Gasteiger charge is -2.34. The Labute approximate surface area is 96.6 Å². The van der Waals surface area contributed by atoms with E-state index in [0.717, 1.165) is 0 Å². The predicted molar refractivity (Wildman–Crippen MR) is 59.7 cm³/mol. The van der Waals surface area contributed by atoms with Gasteiger partial charge in [0.25, 0.3) is 0 Å².